The second-order valence-electron chi connectivity index (χ2n) is 3.66. The fourth-order valence-corrected chi connectivity index (χ4v) is 1.69. The maximum absolute atomic E-state index is 5.56. The maximum atomic E-state index is 5.56. The number of hydrogen-bond acceptors (Lipinski definition) is 2. The molecule has 0 aliphatic carbocycles. The number of hydrogen-bond donors (Lipinski definition) is 1. The highest BCUT2D eigenvalue weighted by Gasteiger charge is 2.14. The quantitative estimate of drug-likeness (QED) is 0.675. The van der Waals surface area contributed by atoms with Crippen molar-refractivity contribution in [3.05, 3.63) is 0 Å². The Hall–Kier alpha value is -0.150. The number of piperidine rings is 1. The highest BCUT2D eigenvalue weighted by Crippen LogP contribution is 2.10. The summed E-state index contributed by atoms with van der Waals surface area (Å²) in [5.74, 6) is 0.373. The molecular formula is C9H18N2S. The Bertz CT molecular complexity index is 153. The van der Waals surface area contributed by atoms with Crippen molar-refractivity contribution in [1.82, 2.24) is 4.90 Å². The SMILES string of the molecule is CC(CN1CCCCC1)C(N)=S. The van der Waals surface area contributed by atoms with E-state index < -0.39 is 0 Å². The van der Waals surface area contributed by atoms with E-state index in [-0.39, 0.29) is 0 Å². The van der Waals surface area contributed by atoms with Crippen LogP contribution in [-0.4, -0.2) is 29.5 Å². The smallest absolute Gasteiger partial charge is 0.0768 e. The third kappa shape index (κ3) is 3.07. The summed E-state index contributed by atoms with van der Waals surface area (Å²) in [5.41, 5.74) is 5.56. The summed E-state index contributed by atoms with van der Waals surface area (Å²) in [5, 5.41) is 0. The molecule has 1 heterocycles. The van der Waals surface area contributed by atoms with E-state index in [2.05, 4.69) is 11.8 Å². The van der Waals surface area contributed by atoms with Crippen LogP contribution < -0.4 is 5.73 Å². The zero-order valence-corrected chi connectivity index (χ0v) is 8.57. The molecule has 12 heavy (non-hydrogen) atoms. The van der Waals surface area contributed by atoms with Gasteiger partial charge in [-0.2, -0.15) is 0 Å². The van der Waals surface area contributed by atoms with E-state index in [9.17, 15) is 0 Å². The van der Waals surface area contributed by atoms with Crippen molar-refractivity contribution in [2.45, 2.75) is 26.2 Å². The van der Waals surface area contributed by atoms with Gasteiger partial charge in [0, 0.05) is 12.5 Å². The van der Waals surface area contributed by atoms with Crippen molar-refractivity contribution in [1.29, 1.82) is 0 Å². The van der Waals surface area contributed by atoms with Crippen LogP contribution in [0.25, 0.3) is 0 Å². The van der Waals surface area contributed by atoms with Crippen LogP contribution in [0.1, 0.15) is 26.2 Å². The second-order valence-corrected chi connectivity index (χ2v) is 4.14. The van der Waals surface area contributed by atoms with Crippen LogP contribution in [0, 0.1) is 5.92 Å². The van der Waals surface area contributed by atoms with E-state index in [4.69, 9.17) is 18.0 Å². The first-order chi connectivity index (χ1) is 5.70. The molecule has 0 amide bonds. The fourth-order valence-electron chi connectivity index (χ4n) is 1.62. The molecule has 2 nitrogen and oxygen atoms in total. The normalized spacial score (nSPS) is 22.1. The average molecular weight is 186 g/mol. The molecule has 2 N–H and O–H groups in total. The van der Waals surface area contributed by atoms with Crippen LogP contribution >= 0.6 is 12.2 Å². The fraction of sp³-hybridized carbons (Fsp3) is 0.889. The van der Waals surface area contributed by atoms with Crippen LogP contribution in [0.3, 0.4) is 0 Å². The molecular weight excluding hydrogens is 168 g/mol. The zero-order chi connectivity index (χ0) is 8.97. The first kappa shape index (κ1) is 9.93. The van der Waals surface area contributed by atoms with Gasteiger partial charge in [-0.1, -0.05) is 25.6 Å². The first-order valence-corrected chi connectivity index (χ1v) is 5.12. The Labute approximate surface area is 80.1 Å². The largest absolute Gasteiger partial charge is 0.393 e. The molecule has 1 rings (SSSR count). The molecule has 1 atom stereocenters. The van der Waals surface area contributed by atoms with Crippen molar-refractivity contribution in [2.24, 2.45) is 11.7 Å². The molecule has 3 heteroatoms. The summed E-state index contributed by atoms with van der Waals surface area (Å²) >= 11 is 4.94. The molecule has 1 aliphatic rings. The van der Waals surface area contributed by atoms with E-state index in [0.29, 0.717) is 10.9 Å². The minimum Gasteiger partial charge on any atom is -0.393 e. The number of nitrogens with zero attached hydrogens (tertiary/aromatic N) is 1. The average Bonchev–Trinajstić information content (AvgIpc) is 2.06. The van der Waals surface area contributed by atoms with E-state index in [1.54, 1.807) is 0 Å². The predicted octanol–water partition coefficient (Wildman–Crippen LogP) is 1.39. The van der Waals surface area contributed by atoms with Gasteiger partial charge in [0.2, 0.25) is 0 Å². The molecule has 0 aromatic heterocycles. The predicted molar refractivity (Wildman–Crippen MR) is 56.2 cm³/mol. The molecule has 0 bridgehead atoms. The van der Waals surface area contributed by atoms with Gasteiger partial charge in [0.25, 0.3) is 0 Å². The van der Waals surface area contributed by atoms with Crippen molar-refractivity contribution in [3.8, 4) is 0 Å². The standard InChI is InChI=1S/C9H18N2S/c1-8(9(10)12)7-11-5-3-2-4-6-11/h8H,2-7H2,1H3,(H2,10,12). The Kier molecular flexibility index (Phi) is 3.95. The zero-order valence-electron chi connectivity index (χ0n) is 7.75. The van der Waals surface area contributed by atoms with E-state index in [1.165, 1.54) is 32.4 Å². The molecule has 70 valence electrons. The number of nitrogens with two attached hydrogens (primary N) is 1. The van der Waals surface area contributed by atoms with Crippen LogP contribution in [0.4, 0.5) is 0 Å². The maximum Gasteiger partial charge on any atom is 0.0768 e. The minimum atomic E-state index is 0.373. The topological polar surface area (TPSA) is 29.3 Å². The Morgan fingerprint density at radius 1 is 1.42 bits per heavy atom. The van der Waals surface area contributed by atoms with Gasteiger partial charge in [-0.15, -0.1) is 0 Å². The Balaban J connectivity index is 2.24. The van der Waals surface area contributed by atoms with Crippen molar-refractivity contribution in [2.75, 3.05) is 19.6 Å². The van der Waals surface area contributed by atoms with E-state index in [0.717, 1.165) is 6.54 Å². The Morgan fingerprint density at radius 3 is 2.50 bits per heavy atom. The van der Waals surface area contributed by atoms with Gasteiger partial charge in [0.05, 0.1) is 4.99 Å². The number of rotatable bonds is 3. The van der Waals surface area contributed by atoms with Crippen molar-refractivity contribution in [3.63, 3.8) is 0 Å². The van der Waals surface area contributed by atoms with Gasteiger partial charge in [-0.25, -0.2) is 0 Å². The lowest BCUT2D eigenvalue weighted by Gasteiger charge is -2.28. The summed E-state index contributed by atoms with van der Waals surface area (Å²) in [4.78, 5) is 3.12. The van der Waals surface area contributed by atoms with Gasteiger partial charge < -0.3 is 10.6 Å². The van der Waals surface area contributed by atoms with Gasteiger partial charge in [0.15, 0.2) is 0 Å². The lowest BCUT2D eigenvalue weighted by Crippen LogP contribution is -2.37. The molecule has 0 saturated carbocycles. The molecule has 1 unspecified atom stereocenters. The summed E-state index contributed by atoms with van der Waals surface area (Å²) in [6.07, 6.45) is 4.06. The molecule has 0 aromatic rings. The lowest BCUT2D eigenvalue weighted by atomic mass is 10.1. The molecule has 1 fully saturated rings. The molecule has 0 radical (unpaired) electrons. The summed E-state index contributed by atoms with van der Waals surface area (Å²) in [6, 6.07) is 0. The van der Waals surface area contributed by atoms with E-state index >= 15 is 0 Å². The molecule has 1 aliphatic heterocycles. The van der Waals surface area contributed by atoms with Crippen LogP contribution in [0.15, 0.2) is 0 Å². The third-order valence-corrected chi connectivity index (χ3v) is 2.87. The van der Waals surface area contributed by atoms with Gasteiger partial charge >= 0.3 is 0 Å². The Morgan fingerprint density at radius 2 is 2.00 bits per heavy atom. The van der Waals surface area contributed by atoms with Crippen LogP contribution in [0.2, 0.25) is 0 Å². The van der Waals surface area contributed by atoms with Gasteiger partial charge in [-0.3, -0.25) is 0 Å². The van der Waals surface area contributed by atoms with Crippen LogP contribution in [-0.2, 0) is 0 Å². The van der Waals surface area contributed by atoms with Crippen LogP contribution in [0.5, 0.6) is 0 Å². The number of thiocarbonyl (C=S) groups is 1. The lowest BCUT2D eigenvalue weighted by molar-refractivity contribution is 0.217. The molecule has 0 spiro atoms. The first-order valence-electron chi connectivity index (χ1n) is 4.72. The van der Waals surface area contributed by atoms with Gasteiger partial charge in [0.1, 0.15) is 0 Å². The highest BCUT2D eigenvalue weighted by molar-refractivity contribution is 7.80. The second kappa shape index (κ2) is 4.77. The monoisotopic (exact) mass is 186 g/mol. The van der Waals surface area contributed by atoms with E-state index in [1.807, 2.05) is 0 Å². The highest BCUT2D eigenvalue weighted by atomic mass is 32.1. The number of likely N-dealkylation sites (tertiary alicyclic amines) is 1. The van der Waals surface area contributed by atoms with Crippen molar-refractivity contribution >= 4 is 17.2 Å². The summed E-state index contributed by atoms with van der Waals surface area (Å²) < 4.78 is 0. The summed E-state index contributed by atoms with van der Waals surface area (Å²) in [7, 11) is 0. The molecule has 1 saturated heterocycles. The minimum absolute atomic E-state index is 0.373. The third-order valence-electron chi connectivity index (χ3n) is 2.47. The van der Waals surface area contributed by atoms with Crippen molar-refractivity contribution < 1.29 is 0 Å². The van der Waals surface area contributed by atoms with Gasteiger partial charge in [-0.05, 0) is 25.9 Å². The summed E-state index contributed by atoms with van der Waals surface area (Å²) in [6.45, 7) is 5.62. The molecule has 0 aromatic carbocycles.